The summed E-state index contributed by atoms with van der Waals surface area (Å²) >= 11 is 0. The van der Waals surface area contributed by atoms with Gasteiger partial charge in [0.05, 0.1) is 13.0 Å². The fraction of sp³-hybridized carbons (Fsp3) is 0.462. The predicted octanol–water partition coefficient (Wildman–Crippen LogP) is 2.67. The van der Waals surface area contributed by atoms with Crippen molar-refractivity contribution in [3.8, 4) is 0 Å². The average molecular weight is 204 g/mol. The molecule has 0 aliphatic heterocycles. The molecule has 0 bridgehead atoms. The molecule has 0 fully saturated rings. The Morgan fingerprint density at radius 2 is 2.27 bits per heavy atom. The normalized spacial score (nSPS) is 18.6. The quantitative estimate of drug-likeness (QED) is 0.707. The van der Waals surface area contributed by atoms with Gasteiger partial charge in [0.15, 0.2) is 0 Å². The molecule has 0 heterocycles. The van der Waals surface area contributed by atoms with Gasteiger partial charge >= 0.3 is 5.97 Å². The molecule has 0 N–H and O–H groups in total. The lowest BCUT2D eigenvalue weighted by molar-refractivity contribution is -0.143. The van der Waals surface area contributed by atoms with E-state index in [2.05, 4.69) is 18.2 Å². The lowest BCUT2D eigenvalue weighted by Gasteiger charge is -2.10. The third-order valence-corrected chi connectivity index (χ3v) is 2.98. The number of rotatable bonds is 3. The van der Waals surface area contributed by atoms with Crippen LogP contribution in [0.15, 0.2) is 24.3 Å². The summed E-state index contributed by atoms with van der Waals surface area (Å²) in [4.78, 5) is 11.4. The molecule has 2 heteroatoms. The van der Waals surface area contributed by atoms with Crippen molar-refractivity contribution in [2.75, 3.05) is 6.61 Å². The summed E-state index contributed by atoms with van der Waals surface area (Å²) in [6.07, 6.45) is 2.71. The first kappa shape index (κ1) is 10.2. The molecule has 15 heavy (non-hydrogen) atoms. The Balaban J connectivity index is 2.04. The summed E-state index contributed by atoms with van der Waals surface area (Å²) < 4.78 is 4.98. The summed E-state index contributed by atoms with van der Waals surface area (Å²) in [7, 11) is 0. The number of benzene rings is 1. The first-order chi connectivity index (χ1) is 7.31. The Bertz CT molecular complexity index is 357. The van der Waals surface area contributed by atoms with Crippen LogP contribution >= 0.6 is 0 Å². The number of hydrogen-bond acceptors (Lipinski definition) is 2. The van der Waals surface area contributed by atoms with Crippen molar-refractivity contribution in [2.24, 2.45) is 0 Å². The summed E-state index contributed by atoms with van der Waals surface area (Å²) in [5.74, 6) is 0.305. The standard InChI is InChI=1S/C13H16O2/c1-2-15-13(14)9-11-8-7-10-5-3-4-6-12(10)11/h3-6,11H,2,7-9H2,1H3. The lowest BCUT2D eigenvalue weighted by atomic mass is 9.98. The van der Waals surface area contributed by atoms with E-state index < -0.39 is 0 Å². The zero-order chi connectivity index (χ0) is 10.7. The van der Waals surface area contributed by atoms with Crippen molar-refractivity contribution in [1.82, 2.24) is 0 Å². The molecule has 1 aliphatic carbocycles. The van der Waals surface area contributed by atoms with Gasteiger partial charge in [-0.3, -0.25) is 4.79 Å². The van der Waals surface area contributed by atoms with Crippen molar-refractivity contribution in [1.29, 1.82) is 0 Å². The average Bonchev–Trinajstić information content (AvgIpc) is 2.62. The van der Waals surface area contributed by atoms with Crippen LogP contribution in [-0.2, 0) is 16.0 Å². The molecule has 1 unspecified atom stereocenters. The number of esters is 1. The summed E-state index contributed by atoms with van der Waals surface area (Å²) in [6, 6.07) is 8.39. The van der Waals surface area contributed by atoms with Gasteiger partial charge in [-0.05, 0) is 36.8 Å². The first-order valence-electron chi connectivity index (χ1n) is 5.54. The van der Waals surface area contributed by atoms with E-state index in [-0.39, 0.29) is 5.97 Å². The van der Waals surface area contributed by atoms with Gasteiger partial charge in [0, 0.05) is 0 Å². The number of hydrogen-bond donors (Lipinski definition) is 0. The number of aryl methyl sites for hydroxylation is 1. The van der Waals surface area contributed by atoms with E-state index in [4.69, 9.17) is 4.74 Å². The van der Waals surface area contributed by atoms with Crippen LogP contribution in [0, 0.1) is 0 Å². The van der Waals surface area contributed by atoms with Crippen LogP contribution in [0.1, 0.15) is 36.8 Å². The van der Waals surface area contributed by atoms with E-state index in [1.165, 1.54) is 11.1 Å². The third-order valence-electron chi connectivity index (χ3n) is 2.98. The monoisotopic (exact) mass is 204 g/mol. The molecular formula is C13H16O2. The zero-order valence-electron chi connectivity index (χ0n) is 9.03. The minimum Gasteiger partial charge on any atom is -0.466 e. The molecule has 0 aromatic heterocycles. The fourth-order valence-electron chi connectivity index (χ4n) is 2.28. The maximum absolute atomic E-state index is 11.4. The second-order valence-corrected chi connectivity index (χ2v) is 3.94. The summed E-state index contributed by atoms with van der Waals surface area (Å²) in [5, 5.41) is 0. The first-order valence-corrected chi connectivity index (χ1v) is 5.54. The van der Waals surface area contributed by atoms with Crippen molar-refractivity contribution in [2.45, 2.75) is 32.1 Å². The molecule has 0 spiro atoms. The van der Waals surface area contributed by atoms with E-state index >= 15 is 0 Å². The lowest BCUT2D eigenvalue weighted by Crippen LogP contribution is -2.08. The smallest absolute Gasteiger partial charge is 0.306 e. The molecule has 1 aliphatic rings. The summed E-state index contributed by atoms with van der Waals surface area (Å²) in [6.45, 7) is 2.33. The van der Waals surface area contributed by atoms with Crippen LogP contribution in [0.5, 0.6) is 0 Å². The molecule has 80 valence electrons. The van der Waals surface area contributed by atoms with E-state index in [1.807, 2.05) is 13.0 Å². The van der Waals surface area contributed by atoms with Crippen molar-refractivity contribution < 1.29 is 9.53 Å². The zero-order valence-corrected chi connectivity index (χ0v) is 9.03. The highest BCUT2D eigenvalue weighted by Gasteiger charge is 2.24. The Morgan fingerprint density at radius 1 is 1.47 bits per heavy atom. The van der Waals surface area contributed by atoms with Crippen molar-refractivity contribution >= 4 is 5.97 Å². The van der Waals surface area contributed by atoms with Crippen LogP contribution in [0.4, 0.5) is 0 Å². The molecule has 0 saturated carbocycles. The largest absolute Gasteiger partial charge is 0.466 e. The minimum absolute atomic E-state index is 0.0702. The van der Waals surface area contributed by atoms with E-state index in [0.717, 1.165) is 12.8 Å². The van der Waals surface area contributed by atoms with Gasteiger partial charge in [-0.1, -0.05) is 24.3 Å². The fourth-order valence-corrected chi connectivity index (χ4v) is 2.28. The minimum atomic E-state index is -0.0702. The molecule has 1 aromatic rings. The molecule has 2 nitrogen and oxygen atoms in total. The molecule has 2 rings (SSSR count). The van der Waals surface area contributed by atoms with Crippen molar-refractivity contribution in [3.63, 3.8) is 0 Å². The van der Waals surface area contributed by atoms with Gasteiger partial charge in [-0.2, -0.15) is 0 Å². The third kappa shape index (κ3) is 2.20. The van der Waals surface area contributed by atoms with Crippen LogP contribution in [0.25, 0.3) is 0 Å². The van der Waals surface area contributed by atoms with Crippen molar-refractivity contribution in [3.05, 3.63) is 35.4 Å². The molecule has 0 radical (unpaired) electrons. The van der Waals surface area contributed by atoms with Gasteiger partial charge < -0.3 is 4.74 Å². The second kappa shape index (κ2) is 4.47. The summed E-state index contributed by atoms with van der Waals surface area (Å²) in [5.41, 5.74) is 2.73. The molecule has 1 aromatic carbocycles. The SMILES string of the molecule is CCOC(=O)CC1CCc2ccccc21. The Morgan fingerprint density at radius 3 is 3.07 bits per heavy atom. The number of ether oxygens (including phenoxy) is 1. The van der Waals surface area contributed by atoms with Gasteiger partial charge in [0.2, 0.25) is 0 Å². The van der Waals surface area contributed by atoms with E-state index in [1.54, 1.807) is 0 Å². The maximum Gasteiger partial charge on any atom is 0.306 e. The highest BCUT2D eigenvalue weighted by Crippen LogP contribution is 2.35. The van der Waals surface area contributed by atoms with Crippen LogP contribution in [0.3, 0.4) is 0 Å². The molecule has 0 saturated heterocycles. The second-order valence-electron chi connectivity index (χ2n) is 3.94. The number of fused-ring (bicyclic) bond motifs is 1. The predicted molar refractivity (Wildman–Crippen MR) is 58.8 cm³/mol. The Kier molecular flexibility index (Phi) is 3.05. The Labute approximate surface area is 90.3 Å². The maximum atomic E-state index is 11.4. The van der Waals surface area contributed by atoms with Gasteiger partial charge in [0.1, 0.15) is 0 Å². The number of carbonyl (C=O) groups excluding carboxylic acids is 1. The Hall–Kier alpha value is -1.31. The van der Waals surface area contributed by atoms with Gasteiger partial charge in [0.25, 0.3) is 0 Å². The van der Waals surface area contributed by atoms with E-state index in [9.17, 15) is 4.79 Å². The van der Waals surface area contributed by atoms with Crippen LogP contribution < -0.4 is 0 Å². The molecule has 1 atom stereocenters. The van der Waals surface area contributed by atoms with Crippen LogP contribution in [0.2, 0.25) is 0 Å². The number of carbonyl (C=O) groups is 1. The highest BCUT2D eigenvalue weighted by molar-refractivity contribution is 5.70. The van der Waals surface area contributed by atoms with Crippen LogP contribution in [-0.4, -0.2) is 12.6 Å². The molecule has 0 amide bonds. The highest BCUT2D eigenvalue weighted by atomic mass is 16.5. The molecular weight excluding hydrogens is 188 g/mol. The van der Waals surface area contributed by atoms with Gasteiger partial charge in [-0.25, -0.2) is 0 Å². The topological polar surface area (TPSA) is 26.3 Å². The van der Waals surface area contributed by atoms with E-state index in [0.29, 0.717) is 18.9 Å². The van der Waals surface area contributed by atoms with Gasteiger partial charge in [-0.15, -0.1) is 0 Å².